The van der Waals surface area contributed by atoms with Crippen molar-refractivity contribution in [2.45, 2.75) is 68.4 Å². The molecule has 2 aromatic carbocycles. The Hall–Kier alpha value is -5.07. The van der Waals surface area contributed by atoms with Crippen LogP contribution in [0.4, 0.5) is 16.2 Å². The second-order valence-corrected chi connectivity index (χ2v) is 17.9. The number of thioether (sulfide) groups is 1. The molecule has 2 fully saturated rings. The number of hydrogen-bond donors (Lipinski definition) is 2. The van der Waals surface area contributed by atoms with Gasteiger partial charge in [0.05, 0.1) is 10.8 Å². The Kier molecular flexibility index (Phi) is 12.0. The topological polar surface area (TPSA) is 201 Å². The van der Waals surface area contributed by atoms with Gasteiger partial charge in [0, 0.05) is 73.1 Å². The van der Waals surface area contributed by atoms with Gasteiger partial charge in [-0.05, 0) is 76.6 Å². The SMILES string of the molecule is CC(C)(C)OC(=O)[C@H](Cc1ccc(NC(=O)N2CCN(C(=O)c3ccc([N+](=O)[O-])cc3)CC2)cc1)NC(=O)[C@H]1N(S(=O)(=O)c2cccnc2)CSC1(C)C. The summed E-state index contributed by atoms with van der Waals surface area (Å²) in [5.74, 6) is -1.58. The lowest BCUT2D eigenvalue weighted by Gasteiger charge is -2.34. The lowest BCUT2D eigenvalue weighted by Crippen LogP contribution is -2.57. The first-order chi connectivity index (χ1) is 25.4. The predicted molar refractivity (Wildman–Crippen MR) is 201 cm³/mol. The van der Waals surface area contributed by atoms with Crippen molar-refractivity contribution in [1.82, 2.24) is 24.4 Å². The number of piperazine rings is 1. The standard InChI is InChI=1S/C36H43N7O9S2/c1-35(2,3)52-33(46)29(39-31(44)30-36(4,5)53-23-42(30)54(50,51)28-7-6-16-37-22-28)21-24-8-12-26(13-9-24)38-34(47)41-19-17-40(18-20-41)32(45)25-10-14-27(15-11-25)43(48)49/h6-16,22,29-30H,17-21,23H2,1-5H3,(H,38,47)(H,39,44)/t29-,30+/m0/s1. The lowest BCUT2D eigenvalue weighted by atomic mass is 10.0. The summed E-state index contributed by atoms with van der Waals surface area (Å²) in [6, 6.07) is 12.4. The van der Waals surface area contributed by atoms with Gasteiger partial charge >= 0.3 is 12.0 Å². The number of amides is 4. The van der Waals surface area contributed by atoms with Crippen LogP contribution in [0.15, 0.2) is 78.0 Å². The molecule has 1 aromatic heterocycles. The minimum absolute atomic E-state index is 0.0231. The highest BCUT2D eigenvalue weighted by Crippen LogP contribution is 2.42. The molecule has 0 bridgehead atoms. The Labute approximate surface area is 317 Å². The van der Waals surface area contributed by atoms with Crippen molar-refractivity contribution in [3.8, 4) is 0 Å². The van der Waals surface area contributed by atoms with Crippen molar-refractivity contribution in [1.29, 1.82) is 0 Å². The fourth-order valence-corrected chi connectivity index (χ4v) is 9.15. The van der Waals surface area contributed by atoms with E-state index in [2.05, 4.69) is 15.6 Å². The molecular formula is C36H43N7O9S2. The van der Waals surface area contributed by atoms with E-state index in [9.17, 15) is 37.7 Å². The first-order valence-corrected chi connectivity index (χ1v) is 19.6. The molecule has 3 heterocycles. The molecule has 0 radical (unpaired) electrons. The number of benzene rings is 2. The number of carbonyl (C=O) groups excluding carboxylic acids is 4. The number of esters is 1. The van der Waals surface area contributed by atoms with Crippen LogP contribution in [0.5, 0.6) is 0 Å². The maximum absolute atomic E-state index is 14.0. The van der Waals surface area contributed by atoms with E-state index in [0.717, 1.165) is 4.31 Å². The number of ether oxygens (including phenoxy) is 1. The molecule has 288 valence electrons. The predicted octanol–water partition coefficient (Wildman–Crippen LogP) is 3.89. The minimum Gasteiger partial charge on any atom is -0.458 e. The maximum atomic E-state index is 14.0. The van der Waals surface area contributed by atoms with Gasteiger partial charge in [-0.25, -0.2) is 18.0 Å². The molecule has 0 saturated carbocycles. The number of nitrogens with one attached hydrogen (secondary N) is 2. The number of anilines is 1. The summed E-state index contributed by atoms with van der Waals surface area (Å²) in [6.07, 6.45) is 2.71. The van der Waals surface area contributed by atoms with Gasteiger partial charge < -0.3 is 25.2 Å². The smallest absolute Gasteiger partial charge is 0.329 e. The number of non-ortho nitro benzene ring substituents is 1. The first kappa shape index (κ1) is 40.1. The quantitative estimate of drug-likeness (QED) is 0.172. The summed E-state index contributed by atoms with van der Waals surface area (Å²) >= 11 is 1.31. The van der Waals surface area contributed by atoms with Gasteiger partial charge in [-0.3, -0.25) is 24.7 Å². The summed E-state index contributed by atoms with van der Waals surface area (Å²) < 4.78 is 33.2. The van der Waals surface area contributed by atoms with Crippen LogP contribution < -0.4 is 10.6 Å². The van der Waals surface area contributed by atoms with Crippen LogP contribution in [0.3, 0.4) is 0 Å². The van der Waals surface area contributed by atoms with Crippen molar-refractivity contribution in [2.75, 3.05) is 37.4 Å². The van der Waals surface area contributed by atoms with Gasteiger partial charge in [0.25, 0.3) is 11.6 Å². The van der Waals surface area contributed by atoms with E-state index in [1.165, 1.54) is 60.6 Å². The Morgan fingerprint density at radius 1 is 1.00 bits per heavy atom. The number of aromatic nitrogens is 1. The van der Waals surface area contributed by atoms with Crippen molar-refractivity contribution < 1.29 is 37.3 Å². The van der Waals surface area contributed by atoms with Crippen molar-refractivity contribution in [2.24, 2.45) is 0 Å². The zero-order valence-electron chi connectivity index (χ0n) is 30.6. The second-order valence-electron chi connectivity index (χ2n) is 14.4. The largest absolute Gasteiger partial charge is 0.458 e. The van der Waals surface area contributed by atoms with E-state index < -0.39 is 49.3 Å². The minimum atomic E-state index is -4.09. The van der Waals surface area contributed by atoms with Crippen LogP contribution in [0.2, 0.25) is 0 Å². The number of pyridine rings is 1. The number of nitro groups is 1. The van der Waals surface area contributed by atoms with E-state index in [-0.39, 0.29) is 61.0 Å². The van der Waals surface area contributed by atoms with E-state index in [1.54, 1.807) is 68.7 Å². The third-order valence-electron chi connectivity index (χ3n) is 8.83. The molecular weight excluding hydrogens is 739 g/mol. The van der Waals surface area contributed by atoms with Crippen LogP contribution >= 0.6 is 11.8 Å². The van der Waals surface area contributed by atoms with Crippen LogP contribution in [-0.4, -0.2) is 111 Å². The normalized spacial score (nSPS) is 18.1. The summed E-state index contributed by atoms with van der Waals surface area (Å²) in [5.41, 5.74) is 0.469. The van der Waals surface area contributed by atoms with Gasteiger partial charge in [-0.15, -0.1) is 11.8 Å². The van der Waals surface area contributed by atoms with Gasteiger partial charge in [0.15, 0.2) is 0 Å². The highest BCUT2D eigenvalue weighted by molar-refractivity contribution is 8.02. The van der Waals surface area contributed by atoms with Gasteiger partial charge in [-0.1, -0.05) is 12.1 Å². The van der Waals surface area contributed by atoms with Gasteiger partial charge in [-0.2, -0.15) is 4.31 Å². The number of urea groups is 1. The molecule has 5 rings (SSSR count). The molecule has 2 aliphatic rings. The Morgan fingerprint density at radius 3 is 2.20 bits per heavy atom. The van der Waals surface area contributed by atoms with Crippen LogP contribution in [-0.2, 0) is 30.8 Å². The molecule has 3 aromatic rings. The van der Waals surface area contributed by atoms with Crippen molar-refractivity contribution in [3.05, 3.63) is 94.3 Å². The first-order valence-electron chi connectivity index (χ1n) is 17.1. The third-order valence-corrected chi connectivity index (χ3v) is 12.2. The van der Waals surface area contributed by atoms with Crippen LogP contribution in [0.25, 0.3) is 0 Å². The summed E-state index contributed by atoms with van der Waals surface area (Å²) in [5, 5.41) is 16.5. The molecule has 2 N–H and O–H groups in total. The Morgan fingerprint density at radius 2 is 1.63 bits per heavy atom. The average molecular weight is 782 g/mol. The molecule has 0 aliphatic carbocycles. The van der Waals surface area contributed by atoms with Gasteiger partial charge in [0.1, 0.15) is 22.6 Å². The molecule has 2 atom stereocenters. The molecule has 2 saturated heterocycles. The molecule has 0 unspecified atom stereocenters. The summed E-state index contributed by atoms with van der Waals surface area (Å²) in [6.45, 7) is 9.78. The number of nitro benzene ring substituents is 1. The third kappa shape index (κ3) is 9.53. The van der Waals surface area contributed by atoms with Crippen molar-refractivity contribution in [3.63, 3.8) is 0 Å². The fourth-order valence-electron chi connectivity index (χ4n) is 6.02. The molecule has 16 nitrogen and oxygen atoms in total. The molecule has 2 aliphatic heterocycles. The number of hydrogen-bond acceptors (Lipinski definition) is 11. The van der Waals surface area contributed by atoms with Crippen molar-refractivity contribution >= 4 is 57.0 Å². The van der Waals surface area contributed by atoms with E-state index in [1.807, 2.05) is 0 Å². The second kappa shape index (κ2) is 16.1. The highest BCUT2D eigenvalue weighted by Gasteiger charge is 2.51. The zero-order chi connectivity index (χ0) is 39.4. The Balaban J connectivity index is 1.22. The lowest BCUT2D eigenvalue weighted by molar-refractivity contribution is -0.384. The maximum Gasteiger partial charge on any atom is 0.329 e. The Bertz CT molecular complexity index is 1980. The molecule has 4 amide bonds. The summed E-state index contributed by atoms with van der Waals surface area (Å²) in [4.78, 5) is 70.8. The molecule has 18 heteroatoms. The van der Waals surface area contributed by atoms with Crippen LogP contribution in [0, 0.1) is 10.1 Å². The number of sulfonamides is 1. The van der Waals surface area contributed by atoms with Crippen LogP contribution in [0.1, 0.15) is 50.5 Å². The van der Waals surface area contributed by atoms with E-state index >= 15 is 0 Å². The zero-order valence-corrected chi connectivity index (χ0v) is 32.2. The average Bonchev–Trinajstić information content (AvgIpc) is 3.47. The van der Waals surface area contributed by atoms with E-state index in [4.69, 9.17) is 4.74 Å². The number of rotatable bonds is 10. The highest BCUT2D eigenvalue weighted by atomic mass is 32.2. The number of carbonyl (C=O) groups is 4. The summed E-state index contributed by atoms with van der Waals surface area (Å²) in [7, 11) is -4.09. The monoisotopic (exact) mass is 781 g/mol. The fraction of sp³-hybridized carbons (Fsp3) is 0.417. The number of nitrogens with zero attached hydrogens (tertiary/aromatic N) is 5. The molecule has 0 spiro atoms. The van der Waals surface area contributed by atoms with E-state index in [0.29, 0.717) is 16.8 Å². The molecule has 54 heavy (non-hydrogen) atoms. The van der Waals surface area contributed by atoms with Gasteiger partial charge in [0.2, 0.25) is 15.9 Å².